The normalized spacial score (nSPS) is 19.2. The number of carbonyl (C=O) groups is 1. The van der Waals surface area contributed by atoms with Crippen molar-refractivity contribution in [1.29, 1.82) is 0 Å². The fourth-order valence-corrected chi connectivity index (χ4v) is 1.77. The highest BCUT2D eigenvalue weighted by atomic mass is 16.3. The second-order valence-electron chi connectivity index (χ2n) is 4.29. The van der Waals surface area contributed by atoms with E-state index in [0.717, 1.165) is 12.8 Å². The number of amides is 1. The first-order valence-corrected chi connectivity index (χ1v) is 5.62. The number of rotatable bonds is 5. The molecular formula is C11H21NO2. The summed E-state index contributed by atoms with van der Waals surface area (Å²) in [5, 5.41) is 9.07. The van der Waals surface area contributed by atoms with Crippen LogP contribution in [0.2, 0.25) is 0 Å². The van der Waals surface area contributed by atoms with E-state index in [1.54, 1.807) is 4.90 Å². The molecule has 1 saturated heterocycles. The Labute approximate surface area is 86.1 Å². The largest absolute Gasteiger partial charge is 0.389 e. The van der Waals surface area contributed by atoms with Crippen molar-refractivity contribution in [2.24, 2.45) is 5.92 Å². The van der Waals surface area contributed by atoms with Crippen molar-refractivity contribution in [2.75, 3.05) is 13.1 Å². The molecule has 0 aromatic heterocycles. The summed E-state index contributed by atoms with van der Waals surface area (Å²) >= 11 is 0. The lowest BCUT2D eigenvalue weighted by atomic mass is 9.99. The minimum Gasteiger partial charge on any atom is -0.389 e. The van der Waals surface area contributed by atoms with E-state index in [4.69, 9.17) is 5.11 Å². The van der Waals surface area contributed by atoms with Gasteiger partial charge in [0.1, 0.15) is 0 Å². The SMILES string of the molecule is CCCCCC(C)C(=O)N1CC(O)C1. The van der Waals surface area contributed by atoms with Gasteiger partial charge in [0.25, 0.3) is 0 Å². The molecule has 0 spiro atoms. The summed E-state index contributed by atoms with van der Waals surface area (Å²) in [5.41, 5.74) is 0. The summed E-state index contributed by atoms with van der Waals surface area (Å²) in [7, 11) is 0. The van der Waals surface area contributed by atoms with Gasteiger partial charge in [-0.3, -0.25) is 4.79 Å². The number of likely N-dealkylation sites (tertiary alicyclic amines) is 1. The molecule has 1 atom stereocenters. The van der Waals surface area contributed by atoms with Gasteiger partial charge in [0, 0.05) is 19.0 Å². The first kappa shape index (κ1) is 11.5. The highest BCUT2D eigenvalue weighted by Crippen LogP contribution is 2.16. The van der Waals surface area contributed by atoms with Gasteiger partial charge in [-0.25, -0.2) is 0 Å². The Morgan fingerprint density at radius 3 is 2.64 bits per heavy atom. The quantitative estimate of drug-likeness (QED) is 0.680. The third-order valence-corrected chi connectivity index (χ3v) is 2.84. The Morgan fingerprint density at radius 2 is 2.14 bits per heavy atom. The van der Waals surface area contributed by atoms with Crippen LogP contribution in [0.5, 0.6) is 0 Å². The second-order valence-corrected chi connectivity index (χ2v) is 4.29. The molecule has 3 nitrogen and oxygen atoms in total. The van der Waals surface area contributed by atoms with Gasteiger partial charge in [-0.05, 0) is 6.42 Å². The average Bonchev–Trinajstić information content (AvgIpc) is 2.12. The van der Waals surface area contributed by atoms with Crippen LogP contribution < -0.4 is 0 Å². The Bertz CT molecular complexity index is 188. The zero-order valence-corrected chi connectivity index (χ0v) is 9.20. The van der Waals surface area contributed by atoms with Gasteiger partial charge >= 0.3 is 0 Å². The van der Waals surface area contributed by atoms with E-state index >= 15 is 0 Å². The van der Waals surface area contributed by atoms with Crippen LogP contribution in [-0.2, 0) is 4.79 Å². The zero-order valence-electron chi connectivity index (χ0n) is 9.20. The molecule has 1 aliphatic heterocycles. The van der Waals surface area contributed by atoms with Gasteiger partial charge in [0.05, 0.1) is 6.10 Å². The van der Waals surface area contributed by atoms with Crippen LogP contribution in [0.3, 0.4) is 0 Å². The van der Waals surface area contributed by atoms with Gasteiger partial charge in [0.2, 0.25) is 5.91 Å². The fourth-order valence-electron chi connectivity index (χ4n) is 1.77. The first-order chi connectivity index (χ1) is 6.65. The molecule has 3 heteroatoms. The number of hydrogen-bond donors (Lipinski definition) is 1. The molecule has 0 saturated carbocycles. The molecule has 0 aliphatic carbocycles. The molecule has 1 heterocycles. The summed E-state index contributed by atoms with van der Waals surface area (Å²) in [6.07, 6.45) is 4.25. The van der Waals surface area contributed by atoms with Crippen LogP contribution in [0.25, 0.3) is 0 Å². The smallest absolute Gasteiger partial charge is 0.225 e. The molecule has 0 aromatic rings. The van der Waals surface area contributed by atoms with Crippen LogP contribution in [0.4, 0.5) is 0 Å². The average molecular weight is 199 g/mol. The lowest BCUT2D eigenvalue weighted by Gasteiger charge is -2.37. The van der Waals surface area contributed by atoms with Gasteiger partial charge in [0.15, 0.2) is 0 Å². The van der Waals surface area contributed by atoms with E-state index in [0.29, 0.717) is 13.1 Å². The minimum absolute atomic E-state index is 0.133. The van der Waals surface area contributed by atoms with E-state index in [9.17, 15) is 4.79 Å². The maximum Gasteiger partial charge on any atom is 0.225 e. The number of β-amino-alcohol motifs (C(OH)–C–C–N with tert-alkyl or cyclic N) is 1. The van der Waals surface area contributed by atoms with Crippen molar-refractivity contribution in [3.8, 4) is 0 Å². The van der Waals surface area contributed by atoms with E-state index < -0.39 is 0 Å². The van der Waals surface area contributed by atoms with Crippen LogP contribution in [-0.4, -0.2) is 35.1 Å². The summed E-state index contributed by atoms with van der Waals surface area (Å²) in [6.45, 7) is 5.23. The Kier molecular flexibility index (Phi) is 4.39. The predicted octanol–water partition coefficient (Wildman–Crippen LogP) is 1.41. The van der Waals surface area contributed by atoms with E-state index in [-0.39, 0.29) is 17.9 Å². The van der Waals surface area contributed by atoms with Crippen molar-refractivity contribution in [3.63, 3.8) is 0 Å². The zero-order chi connectivity index (χ0) is 10.6. The van der Waals surface area contributed by atoms with E-state index in [1.165, 1.54) is 12.8 Å². The summed E-state index contributed by atoms with van der Waals surface area (Å²) < 4.78 is 0. The van der Waals surface area contributed by atoms with Crippen molar-refractivity contribution in [2.45, 2.75) is 45.6 Å². The number of unbranched alkanes of at least 4 members (excludes halogenated alkanes) is 2. The predicted molar refractivity (Wildman–Crippen MR) is 55.9 cm³/mol. The molecule has 0 aromatic carbocycles. The van der Waals surface area contributed by atoms with E-state index in [1.807, 2.05) is 6.92 Å². The molecule has 1 amide bonds. The van der Waals surface area contributed by atoms with Crippen LogP contribution in [0, 0.1) is 5.92 Å². The number of nitrogens with zero attached hydrogens (tertiary/aromatic N) is 1. The Hall–Kier alpha value is -0.570. The summed E-state index contributed by atoms with van der Waals surface area (Å²) in [4.78, 5) is 13.4. The number of carbonyl (C=O) groups excluding carboxylic acids is 1. The summed E-state index contributed by atoms with van der Waals surface area (Å²) in [6, 6.07) is 0. The van der Waals surface area contributed by atoms with Crippen LogP contribution >= 0.6 is 0 Å². The molecule has 1 aliphatic rings. The minimum atomic E-state index is -0.276. The molecule has 1 fully saturated rings. The first-order valence-electron chi connectivity index (χ1n) is 5.62. The maximum absolute atomic E-state index is 11.7. The van der Waals surface area contributed by atoms with Gasteiger partial charge in [-0.1, -0.05) is 33.1 Å². The van der Waals surface area contributed by atoms with Crippen LogP contribution in [0.1, 0.15) is 39.5 Å². The van der Waals surface area contributed by atoms with Crippen molar-refractivity contribution < 1.29 is 9.90 Å². The number of aliphatic hydroxyl groups excluding tert-OH is 1. The molecule has 0 radical (unpaired) electrons. The Morgan fingerprint density at radius 1 is 1.50 bits per heavy atom. The Balaban J connectivity index is 2.16. The molecule has 1 unspecified atom stereocenters. The number of hydrogen-bond acceptors (Lipinski definition) is 2. The number of aliphatic hydroxyl groups is 1. The maximum atomic E-state index is 11.7. The molecule has 0 bridgehead atoms. The lowest BCUT2D eigenvalue weighted by molar-refractivity contribution is -0.145. The molecule has 82 valence electrons. The van der Waals surface area contributed by atoms with Gasteiger partial charge < -0.3 is 10.0 Å². The summed E-state index contributed by atoms with van der Waals surface area (Å²) in [5.74, 6) is 0.348. The van der Waals surface area contributed by atoms with Crippen molar-refractivity contribution >= 4 is 5.91 Å². The monoisotopic (exact) mass is 199 g/mol. The molecule has 14 heavy (non-hydrogen) atoms. The molecular weight excluding hydrogens is 178 g/mol. The van der Waals surface area contributed by atoms with Crippen LogP contribution in [0.15, 0.2) is 0 Å². The third kappa shape index (κ3) is 2.98. The standard InChI is InChI=1S/C11H21NO2/c1-3-4-5-6-9(2)11(14)12-7-10(13)8-12/h9-10,13H,3-8H2,1-2H3. The topological polar surface area (TPSA) is 40.5 Å². The lowest BCUT2D eigenvalue weighted by Crippen LogP contribution is -2.54. The molecule has 1 rings (SSSR count). The highest BCUT2D eigenvalue weighted by molar-refractivity contribution is 5.79. The highest BCUT2D eigenvalue weighted by Gasteiger charge is 2.30. The molecule has 1 N–H and O–H groups in total. The van der Waals surface area contributed by atoms with Gasteiger partial charge in [-0.2, -0.15) is 0 Å². The second kappa shape index (κ2) is 5.35. The fraction of sp³-hybridized carbons (Fsp3) is 0.909. The van der Waals surface area contributed by atoms with Crippen molar-refractivity contribution in [1.82, 2.24) is 4.90 Å². The third-order valence-electron chi connectivity index (χ3n) is 2.84. The van der Waals surface area contributed by atoms with E-state index in [2.05, 4.69) is 6.92 Å². The van der Waals surface area contributed by atoms with Crippen molar-refractivity contribution in [3.05, 3.63) is 0 Å². The van der Waals surface area contributed by atoms with Gasteiger partial charge in [-0.15, -0.1) is 0 Å².